The van der Waals surface area contributed by atoms with Gasteiger partial charge in [-0.15, -0.1) is 0 Å². The van der Waals surface area contributed by atoms with E-state index in [9.17, 15) is 30.7 Å². The van der Waals surface area contributed by atoms with E-state index >= 15 is 0 Å². The van der Waals surface area contributed by atoms with E-state index in [0.717, 1.165) is 17.7 Å². The lowest BCUT2D eigenvalue weighted by Crippen LogP contribution is -2.31. The molecule has 42 heavy (non-hydrogen) atoms. The number of fused-ring (bicyclic) bond motifs is 3. The number of nitrogens with one attached hydrogen (secondary N) is 2. The molecule has 0 aliphatic carbocycles. The molecule has 5 rings (SSSR count). The van der Waals surface area contributed by atoms with Crippen LogP contribution in [0.5, 0.6) is 0 Å². The Kier molecular flexibility index (Phi) is 8.81. The Morgan fingerprint density at radius 3 is 2.26 bits per heavy atom. The summed E-state index contributed by atoms with van der Waals surface area (Å²) in [7, 11) is 0. The third-order valence-corrected chi connectivity index (χ3v) is 6.90. The van der Waals surface area contributed by atoms with E-state index < -0.39 is 30.5 Å². The van der Waals surface area contributed by atoms with E-state index in [2.05, 4.69) is 30.4 Å². The first-order valence-electron chi connectivity index (χ1n) is 12.6. The van der Waals surface area contributed by atoms with Gasteiger partial charge < -0.3 is 20.4 Å². The van der Waals surface area contributed by atoms with Gasteiger partial charge in [-0.3, -0.25) is 0 Å². The maximum absolute atomic E-state index is 13.9. The number of anilines is 3. The summed E-state index contributed by atoms with van der Waals surface area (Å²) in [5, 5.41) is 6.65. The van der Waals surface area contributed by atoms with Gasteiger partial charge in [-0.05, 0) is 55.5 Å². The molecule has 3 aromatic carbocycles. The second-order valence-electron chi connectivity index (χ2n) is 9.41. The van der Waals surface area contributed by atoms with Crippen molar-refractivity contribution in [1.29, 1.82) is 0 Å². The number of halogens is 8. The van der Waals surface area contributed by atoms with Gasteiger partial charge in [-0.25, -0.2) is 17.6 Å². The van der Waals surface area contributed by atoms with Crippen LogP contribution in [0.2, 0.25) is 5.02 Å². The molecule has 0 saturated heterocycles. The molecule has 0 spiro atoms. The predicted molar refractivity (Wildman–Crippen MR) is 153 cm³/mol. The van der Waals surface area contributed by atoms with Crippen LogP contribution in [0.4, 0.5) is 47.8 Å². The van der Waals surface area contributed by atoms with Crippen molar-refractivity contribution < 1.29 is 30.7 Å². The summed E-state index contributed by atoms with van der Waals surface area (Å²) in [5.74, 6) is -0.926. The third kappa shape index (κ3) is 6.35. The van der Waals surface area contributed by atoms with Gasteiger partial charge in [0.15, 0.2) is 0 Å². The summed E-state index contributed by atoms with van der Waals surface area (Å²) in [5.41, 5.74) is 2.39. The summed E-state index contributed by atoms with van der Waals surface area (Å²) >= 11 is 5.44. The van der Waals surface area contributed by atoms with Gasteiger partial charge in [-0.1, -0.05) is 31.3 Å². The van der Waals surface area contributed by atoms with E-state index in [4.69, 9.17) is 11.6 Å². The Labute approximate surface area is 243 Å². The lowest BCUT2D eigenvalue weighted by Gasteiger charge is -2.23. The van der Waals surface area contributed by atoms with Crippen molar-refractivity contribution in [2.45, 2.75) is 26.1 Å². The number of alkyl halides is 5. The Morgan fingerprint density at radius 2 is 1.69 bits per heavy atom. The number of benzene rings is 3. The Morgan fingerprint density at radius 1 is 1.02 bits per heavy atom. The van der Waals surface area contributed by atoms with Crippen molar-refractivity contribution in [3.05, 3.63) is 113 Å². The lowest BCUT2D eigenvalue weighted by atomic mass is 10.0. The van der Waals surface area contributed by atoms with Gasteiger partial charge >= 0.3 is 6.18 Å². The maximum atomic E-state index is 13.9. The maximum Gasteiger partial charge on any atom is 0.416 e. The largest absolute Gasteiger partial charge is 0.416 e. The minimum Gasteiger partial charge on any atom is -0.381 e. The number of nitrogens with zero attached hydrogens (tertiary/aromatic N) is 2. The van der Waals surface area contributed by atoms with E-state index in [0.29, 0.717) is 58.3 Å². The van der Waals surface area contributed by atoms with Crippen LogP contribution < -0.4 is 20.4 Å². The molecule has 0 saturated carbocycles. The summed E-state index contributed by atoms with van der Waals surface area (Å²) in [4.78, 5) is 3.21. The fourth-order valence-electron chi connectivity index (χ4n) is 4.77. The third-order valence-electron chi connectivity index (χ3n) is 6.65. The second kappa shape index (κ2) is 12.0. The van der Waals surface area contributed by atoms with E-state index in [-0.39, 0.29) is 17.1 Å². The molecule has 12 heteroatoms. The molecular formula is C30H26ClF7N4. The van der Waals surface area contributed by atoms with Crippen molar-refractivity contribution in [2.24, 2.45) is 0 Å². The molecule has 2 heterocycles. The molecular weight excluding hydrogens is 585 g/mol. The normalized spacial score (nSPS) is 14.0. The summed E-state index contributed by atoms with van der Waals surface area (Å²) < 4.78 is 92.1. The molecule has 2 N–H and O–H groups in total. The minimum atomic E-state index is -4.73. The number of hydrogen-bond acceptors (Lipinski definition) is 4. The molecule has 0 aromatic heterocycles. The zero-order valence-corrected chi connectivity index (χ0v) is 23.1. The van der Waals surface area contributed by atoms with E-state index in [1.54, 1.807) is 6.07 Å². The van der Waals surface area contributed by atoms with Gasteiger partial charge in [0.1, 0.15) is 17.5 Å². The fourth-order valence-corrected chi connectivity index (χ4v) is 4.89. The zero-order chi connectivity index (χ0) is 30.9. The smallest absolute Gasteiger partial charge is 0.381 e. The quantitative estimate of drug-likeness (QED) is 0.273. The molecule has 0 fully saturated rings. The summed E-state index contributed by atoms with van der Waals surface area (Å²) in [6.45, 7) is 13.9. The molecule has 0 atom stereocenters. The number of hydrogen-bond donors (Lipinski definition) is 2. The highest BCUT2D eigenvalue weighted by molar-refractivity contribution is 6.30. The van der Waals surface area contributed by atoms with E-state index in [1.807, 2.05) is 11.8 Å². The van der Waals surface area contributed by atoms with Crippen LogP contribution in [0.3, 0.4) is 0 Å². The zero-order valence-electron chi connectivity index (χ0n) is 22.4. The van der Waals surface area contributed by atoms with Crippen LogP contribution in [-0.4, -0.2) is 19.5 Å². The standard InChI is InChI=1S/C24H22F6N4.C6H4ClF/c1-5-33-14(4)34(11-21(26)27)20-9-19(18-10-31-13(3)22(18)23(20)33)32-12(2)15-6-16(24(28,29)30)8-17(25)7-15;7-5-1-3-6(8)4-2-5/h6-9,21,31-32H,2-5,10-11H2,1H3;1-4H. The van der Waals surface area contributed by atoms with Crippen LogP contribution in [0.25, 0.3) is 11.4 Å². The van der Waals surface area contributed by atoms with Crippen molar-refractivity contribution in [3.8, 4) is 0 Å². The predicted octanol–water partition coefficient (Wildman–Crippen LogP) is 8.86. The number of rotatable bonds is 6. The molecule has 4 nitrogen and oxygen atoms in total. The van der Waals surface area contributed by atoms with Crippen LogP contribution in [0.1, 0.15) is 29.2 Å². The first-order valence-corrected chi connectivity index (χ1v) is 13.0. The highest BCUT2D eigenvalue weighted by Crippen LogP contribution is 2.51. The average molecular weight is 611 g/mol. The van der Waals surface area contributed by atoms with Crippen LogP contribution >= 0.6 is 11.6 Å². The van der Waals surface area contributed by atoms with Gasteiger partial charge in [0.2, 0.25) is 0 Å². The molecule has 2 aliphatic heterocycles. The molecule has 222 valence electrons. The second-order valence-corrected chi connectivity index (χ2v) is 9.84. The topological polar surface area (TPSA) is 30.5 Å². The molecule has 2 aliphatic rings. The molecule has 0 unspecified atom stereocenters. The summed E-state index contributed by atoms with van der Waals surface area (Å²) in [6.07, 6.45) is -7.36. The van der Waals surface area contributed by atoms with Crippen molar-refractivity contribution in [1.82, 2.24) is 5.32 Å². The van der Waals surface area contributed by atoms with Crippen molar-refractivity contribution in [2.75, 3.05) is 28.2 Å². The van der Waals surface area contributed by atoms with Gasteiger partial charge in [0, 0.05) is 51.9 Å². The monoisotopic (exact) mass is 610 g/mol. The molecule has 3 aromatic rings. The van der Waals surface area contributed by atoms with Crippen LogP contribution in [0, 0.1) is 11.6 Å². The minimum absolute atomic E-state index is 0.0224. The van der Waals surface area contributed by atoms with Gasteiger partial charge in [0.25, 0.3) is 6.43 Å². The van der Waals surface area contributed by atoms with Crippen molar-refractivity contribution >= 4 is 40.1 Å². The fraction of sp³-hybridized carbons (Fsp3) is 0.200. The average Bonchev–Trinajstić information content (AvgIpc) is 3.42. The highest BCUT2D eigenvalue weighted by atomic mass is 35.5. The SMILES string of the molecule is C=C(Nc1cc2c(c3c1CNC3=C)N(CC)C(=C)N2CC(F)F)c1cc(F)cc(C(F)(F)F)c1.Fc1ccc(Cl)cc1. The van der Waals surface area contributed by atoms with E-state index in [1.165, 1.54) is 29.2 Å². The van der Waals surface area contributed by atoms with Crippen LogP contribution in [-0.2, 0) is 12.7 Å². The summed E-state index contributed by atoms with van der Waals surface area (Å²) in [6, 6.07) is 9.45. The molecule has 0 bridgehead atoms. The lowest BCUT2D eigenvalue weighted by molar-refractivity contribution is -0.137. The van der Waals surface area contributed by atoms with Gasteiger partial charge in [-0.2, -0.15) is 13.2 Å². The first-order chi connectivity index (χ1) is 19.7. The Balaban J connectivity index is 0.000000437. The molecule has 0 amide bonds. The Hall–Kier alpha value is -4.12. The van der Waals surface area contributed by atoms with Crippen LogP contribution in [0.15, 0.2) is 74.1 Å². The highest BCUT2D eigenvalue weighted by Gasteiger charge is 2.37. The Bertz CT molecular complexity index is 1510. The van der Waals surface area contributed by atoms with Crippen molar-refractivity contribution in [3.63, 3.8) is 0 Å². The van der Waals surface area contributed by atoms with Gasteiger partial charge in [0.05, 0.1) is 23.5 Å². The first kappa shape index (κ1) is 30.8. The molecule has 0 radical (unpaired) electrons.